The van der Waals surface area contributed by atoms with Crippen molar-refractivity contribution in [1.82, 2.24) is 0 Å². The minimum Gasteiger partial charge on any atom is -0.504 e. The second-order valence-electron chi connectivity index (χ2n) is 7.67. The van der Waals surface area contributed by atoms with Crippen LogP contribution >= 0.6 is 0 Å². The van der Waals surface area contributed by atoms with Gasteiger partial charge in [-0.25, -0.2) is 9.59 Å². The molecule has 2 aliphatic rings. The van der Waals surface area contributed by atoms with Crippen molar-refractivity contribution in [2.45, 2.75) is 38.3 Å². The molecule has 4 N–H and O–H groups in total. The highest BCUT2D eigenvalue weighted by molar-refractivity contribution is 5.98. The van der Waals surface area contributed by atoms with Gasteiger partial charge >= 0.3 is 11.9 Å². The molecule has 0 amide bonds. The van der Waals surface area contributed by atoms with E-state index in [1.54, 1.807) is 0 Å². The zero-order valence-corrected chi connectivity index (χ0v) is 18.1. The molecule has 2 heterocycles. The van der Waals surface area contributed by atoms with Gasteiger partial charge in [0.1, 0.15) is 29.4 Å². The number of aromatic hydroxyl groups is 3. The second-order valence-corrected chi connectivity index (χ2v) is 7.67. The summed E-state index contributed by atoms with van der Waals surface area (Å²) in [6, 6.07) is 2.52. The quantitative estimate of drug-likeness (QED) is 0.492. The highest BCUT2D eigenvalue weighted by Crippen LogP contribution is 2.50. The van der Waals surface area contributed by atoms with Gasteiger partial charge in [0.2, 0.25) is 11.5 Å². The summed E-state index contributed by atoms with van der Waals surface area (Å²) in [6.07, 6.45) is -4.09. The van der Waals surface area contributed by atoms with Crippen molar-refractivity contribution in [2.24, 2.45) is 0 Å². The molecule has 33 heavy (non-hydrogen) atoms. The first-order valence-electron chi connectivity index (χ1n) is 9.93. The number of ether oxygens (including phenoxy) is 5. The van der Waals surface area contributed by atoms with Crippen LogP contribution in [0.4, 0.5) is 0 Å². The standard InChI is InChI=1S/C22H22O11/c1-7-15(24)9-6-12(20(30-4)17(26)13(9)21(27)31-7)33-18-8(2)32-22(28)14-10(18)5-11(23)19(29-3)16(14)25/h5-8,15,18,23-26H,1-4H3/t7-,8+,15+,18+/m0/s1. The van der Waals surface area contributed by atoms with Gasteiger partial charge in [-0.05, 0) is 26.0 Å². The van der Waals surface area contributed by atoms with Gasteiger partial charge in [0.15, 0.2) is 29.1 Å². The van der Waals surface area contributed by atoms with Crippen molar-refractivity contribution in [3.8, 4) is 34.5 Å². The fraction of sp³-hybridized carbons (Fsp3) is 0.364. The molecule has 2 aliphatic heterocycles. The maximum Gasteiger partial charge on any atom is 0.342 e. The number of benzene rings is 2. The molecule has 176 valence electrons. The fourth-order valence-corrected chi connectivity index (χ4v) is 4.06. The molecule has 11 nitrogen and oxygen atoms in total. The van der Waals surface area contributed by atoms with E-state index in [1.807, 2.05) is 0 Å². The molecule has 0 aliphatic carbocycles. The lowest BCUT2D eigenvalue weighted by molar-refractivity contribution is -0.0231. The third-order valence-electron chi connectivity index (χ3n) is 5.67. The highest BCUT2D eigenvalue weighted by Gasteiger charge is 2.41. The average molecular weight is 462 g/mol. The van der Waals surface area contributed by atoms with Crippen LogP contribution in [0.2, 0.25) is 0 Å². The van der Waals surface area contributed by atoms with Crippen LogP contribution in [-0.4, -0.2) is 58.8 Å². The SMILES string of the molecule is COc1c(O)cc2c(c1O)C(=O)O[C@H](C)[C@H]2Oc1cc2c(c(O)c1OC)C(=O)O[C@@H](C)[C@H]2O. The molecule has 0 saturated carbocycles. The van der Waals surface area contributed by atoms with Crippen molar-refractivity contribution >= 4 is 11.9 Å². The number of phenols is 3. The number of rotatable bonds is 4. The largest absolute Gasteiger partial charge is 0.504 e. The van der Waals surface area contributed by atoms with Gasteiger partial charge in [0.25, 0.3) is 0 Å². The number of phenolic OH excluding ortho intramolecular Hbond substituents is 3. The molecule has 2 aromatic rings. The molecule has 0 radical (unpaired) electrons. The summed E-state index contributed by atoms with van der Waals surface area (Å²) in [5, 5.41) is 41.9. The molecule has 4 rings (SSSR count). The number of aliphatic hydroxyl groups is 1. The number of methoxy groups -OCH3 is 2. The molecule has 2 aromatic carbocycles. The van der Waals surface area contributed by atoms with Crippen LogP contribution in [0.3, 0.4) is 0 Å². The number of carbonyl (C=O) groups excluding carboxylic acids is 2. The van der Waals surface area contributed by atoms with Crippen LogP contribution in [0.15, 0.2) is 12.1 Å². The first-order chi connectivity index (χ1) is 15.6. The number of esters is 2. The van der Waals surface area contributed by atoms with Crippen molar-refractivity contribution < 1.29 is 53.7 Å². The molecule has 0 aromatic heterocycles. The predicted octanol–water partition coefficient (Wildman–Crippen LogP) is 2.09. The minimum absolute atomic E-state index is 0.0631. The zero-order chi connectivity index (χ0) is 24.2. The second kappa shape index (κ2) is 7.93. The summed E-state index contributed by atoms with van der Waals surface area (Å²) in [5.41, 5.74) is -0.352. The van der Waals surface area contributed by atoms with Crippen LogP contribution in [0.1, 0.15) is 57.9 Å². The Labute approximate surface area is 187 Å². The molecule has 0 spiro atoms. The van der Waals surface area contributed by atoms with Crippen molar-refractivity contribution in [3.63, 3.8) is 0 Å². The lowest BCUT2D eigenvalue weighted by atomic mass is 9.93. The van der Waals surface area contributed by atoms with Gasteiger partial charge in [-0.3, -0.25) is 0 Å². The van der Waals surface area contributed by atoms with Gasteiger partial charge < -0.3 is 44.1 Å². The third kappa shape index (κ3) is 3.32. The van der Waals surface area contributed by atoms with Gasteiger partial charge in [0.05, 0.1) is 14.2 Å². The summed E-state index contributed by atoms with van der Waals surface area (Å²) >= 11 is 0. The Morgan fingerprint density at radius 1 is 0.818 bits per heavy atom. The summed E-state index contributed by atoms with van der Waals surface area (Å²) in [6.45, 7) is 3.02. The minimum atomic E-state index is -1.25. The van der Waals surface area contributed by atoms with E-state index in [2.05, 4.69) is 0 Å². The molecule has 0 bridgehead atoms. The monoisotopic (exact) mass is 462 g/mol. The van der Waals surface area contributed by atoms with E-state index in [4.69, 9.17) is 23.7 Å². The first-order valence-corrected chi connectivity index (χ1v) is 9.93. The molecule has 4 atom stereocenters. The maximum atomic E-state index is 12.5. The van der Waals surface area contributed by atoms with E-state index in [1.165, 1.54) is 40.2 Å². The Balaban J connectivity index is 1.87. The van der Waals surface area contributed by atoms with Crippen molar-refractivity contribution in [3.05, 3.63) is 34.4 Å². The van der Waals surface area contributed by atoms with Crippen molar-refractivity contribution in [2.75, 3.05) is 14.2 Å². The lowest BCUT2D eigenvalue weighted by Crippen LogP contribution is -2.34. The molecule has 11 heteroatoms. The Bertz CT molecular complexity index is 1160. The van der Waals surface area contributed by atoms with Crippen molar-refractivity contribution in [1.29, 1.82) is 0 Å². The number of hydrogen-bond donors (Lipinski definition) is 4. The van der Waals surface area contributed by atoms with E-state index in [9.17, 15) is 30.0 Å². The Hall–Kier alpha value is -3.86. The van der Waals surface area contributed by atoms with Gasteiger partial charge in [-0.15, -0.1) is 0 Å². The van der Waals surface area contributed by atoms with E-state index in [0.717, 1.165) is 0 Å². The van der Waals surface area contributed by atoms with E-state index < -0.39 is 53.6 Å². The third-order valence-corrected chi connectivity index (χ3v) is 5.67. The molecular weight excluding hydrogens is 440 g/mol. The molecule has 0 fully saturated rings. The molecular formula is C22H22O11. The van der Waals surface area contributed by atoms with Crippen LogP contribution in [0.25, 0.3) is 0 Å². The van der Waals surface area contributed by atoms with Gasteiger partial charge in [-0.1, -0.05) is 0 Å². The lowest BCUT2D eigenvalue weighted by Gasteiger charge is -2.33. The molecule has 0 unspecified atom stereocenters. The van der Waals surface area contributed by atoms with Gasteiger partial charge in [-0.2, -0.15) is 0 Å². The Morgan fingerprint density at radius 2 is 1.36 bits per heavy atom. The molecule has 0 saturated heterocycles. The van der Waals surface area contributed by atoms with E-state index in [-0.39, 0.29) is 39.5 Å². The van der Waals surface area contributed by atoms with E-state index in [0.29, 0.717) is 0 Å². The smallest absolute Gasteiger partial charge is 0.342 e. The summed E-state index contributed by atoms with van der Waals surface area (Å²) in [5.74, 6) is -3.94. The average Bonchev–Trinajstić information content (AvgIpc) is 2.74. The number of aliphatic hydroxyl groups excluding tert-OH is 1. The Morgan fingerprint density at radius 3 is 1.97 bits per heavy atom. The van der Waals surface area contributed by atoms with Crippen LogP contribution in [0.5, 0.6) is 34.5 Å². The summed E-state index contributed by atoms with van der Waals surface area (Å²) < 4.78 is 26.6. The summed E-state index contributed by atoms with van der Waals surface area (Å²) in [7, 11) is 2.45. The fourth-order valence-electron chi connectivity index (χ4n) is 4.06. The number of carbonyl (C=O) groups is 2. The number of fused-ring (bicyclic) bond motifs is 2. The summed E-state index contributed by atoms with van der Waals surface area (Å²) in [4.78, 5) is 24.8. The van der Waals surface area contributed by atoms with Crippen LogP contribution in [0, 0.1) is 0 Å². The van der Waals surface area contributed by atoms with Gasteiger partial charge in [0, 0.05) is 11.1 Å². The number of hydrogen-bond acceptors (Lipinski definition) is 11. The van der Waals surface area contributed by atoms with Crippen LogP contribution in [-0.2, 0) is 9.47 Å². The predicted molar refractivity (Wildman–Crippen MR) is 109 cm³/mol. The Kier molecular flexibility index (Phi) is 5.36. The normalized spacial score (nSPS) is 23.7. The highest BCUT2D eigenvalue weighted by atomic mass is 16.6. The number of cyclic esters (lactones) is 2. The zero-order valence-electron chi connectivity index (χ0n) is 18.1. The first kappa shape index (κ1) is 22.3. The maximum absolute atomic E-state index is 12.5. The van der Waals surface area contributed by atoms with Crippen LogP contribution < -0.4 is 14.2 Å². The topological polar surface area (TPSA) is 161 Å². The van der Waals surface area contributed by atoms with E-state index >= 15 is 0 Å².